The number of aliphatic hydroxyl groups is 1. The van der Waals surface area contributed by atoms with Crippen LogP contribution in [0.3, 0.4) is 0 Å². The van der Waals surface area contributed by atoms with Crippen LogP contribution < -0.4 is 5.32 Å². The van der Waals surface area contributed by atoms with Crippen molar-refractivity contribution in [3.05, 3.63) is 23.9 Å². The molecule has 1 fully saturated rings. The Morgan fingerprint density at radius 1 is 1.60 bits per heavy atom. The Hall–Kier alpha value is -1.60. The van der Waals surface area contributed by atoms with Crippen molar-refractivity contribution >= 4 is 5.82 Å². The van der Waals surface area contributed by atoms with Gasteiger partial charge in [-0.2, -0.15) is 5.26 Å². The summed E-state index contributed by atoms with van der Waals surface area (Å²) in [7, 11) is 0. The number of nitrogens with one attached hydrogen (secondary N) is 1. The van der Waals surface area contributed by atoms with Crippen LogP contribution in [-0.4, -0.2) is 22.7 Å². The quantitative estimate of drug-likeness (QED) is 0.772. The fourth-order valence-electron chi connectivity index (χ4n) is 1.74. The maximum Gasteiger partial charge on any atom is 0.143 e. The molecule has 0 unspecified atom stereocenters. The van der Waals surface area contributed by atoms with Crippen molar-refractivity contribution in [2.24, 2.45) is 5.92 Å². The summed E-state index contributed by atoms with van der Waals surface area (Å²) >= 11 is 0. The van der Waals surface area contributed by atoms with Gasteiger partial charge in [0.15, 0.2) is 0 Å². The zero-order valence-electron chi connectivity index (χ0n) is 8.35. The van der Waals surface area contributed by atoms with Crippen LogP contribution in [0.25, 0.3) is 0 Å². The van der Waals surface area contributed by atoms with Crippen molar-refractivity contribution in [3.63, 3.8) is 0 Å². The summed E-state index contributed by atoms with van der Waals surface area (Å²) in [6, 6.07) is 5.58. The molecular weight excluding hydrogens is 190 g/mol. The average Bonchev–Trinajstić information content (AvgIpc) is 2.23. The van der Waals surface area contributed by atoms with E-state index in [-0.39, 0.29) is 6.10 Å². The molecule has 4 nitrogen and oxygen atoms in total. The first kappa shape index (κ1) is 9.94. The van der Waals surface area contributed by atoms with E-state index >= 15 is 0 Å². The Labute approximate surface area is 88.6 Å². The highest BCUT2D eigenvalue weighted by atomic mass is 16.3. The van der Waals surface area contributed by atoms with Crippen LogP contribution in [0.4, 0.5) is 5.82 Å². The van der Waals surface area contributed by atoms with Crippen molar-refractivity contribution in [2.75, 3.05) is 11.9 Å². The Kier molecular flexibility index (Phi) is 2.84. The van der Waals surface area contributed by atoms with Crippen molar-refractivity contribution in [3.8, 4) is 6.07 Å². The van der Waals surface area contributed by atoms with E-state index in [0.29, 0.717) is 17.3 Å². The number of pyridine rings is 1. The van der Waals surface area contributed by atoms with Gasteiger partial charge in [0.2, 0.25) is 0 Å². The van der Waals surface area contributed by atoms with Gasteiger partial charge in [0.1, 0.15) is 11.9 Å². The Bertz CT molecular complexity index is 380. The van der Waals surface area contributed by atoms with Gasteiger partial charge in [-0.15, -0.1) is 0 Å². The third kappa shape index (κ3) is 2.25. The predicted molar refractivity (Wildman–Crippen MR) is 56.2 cm³/mol. The van der Waals surface area contributed by atoms with E-state index in [1.807, 2.05) is 0 Å². The molecule has 4 heteroatoms. The highest BCUT2D eigenvalue weighted by Crippen LogP contribution is 2.27. The van der Waals surface area contributed by atoms with Gasteiger partial charge >= 0.3 is 0 Å². The van der Waals surface area contributed by atoms with Crippen LogP contribution in [0.5, 0.6) is 0 Å². The molecule has 2 N–H and O–H groups in total. The predicted octanol–water partition coefficient (Wildman–Crippen LogP) is 1.14. The first-order chi connectivity index (χ1) is 7.29. The number of anilines is 1. The van der Waals surface area contributed by atoms with Gasteiger partial charge in [-0.1, -0.05) is 0 Å². The van der Waals surface area contributed by atoms with E-state index in [9.17, 15) is 0 Å². The normalized spacial score (nSPS) is 24.0. The summed E-state index contributed by atoms with van der Waals surface area (Å²) in [4.78, 5) is 4.10. The molecule has 0 amide bonds. The highest BCUT2D eigenvalue weighted by Gasteiger charge is 2.26. The lowest BCUT2D eigenvalue weighted by atomic mass is 9.82. The lowest BCUT2D eigenvalue weighted by molar-refractivity contribution is 0.0486. The third-order valence-electron chi connectivity index (χ3n) is 2.70. The van der Waals surface area contributed by atoms with E-state index in [0.717, 1.165) is 19.4 Å². The summed E-state index contributed by atoms with van der Waals surface area (Å²) in [6.07, 6.45) is 3.23. The van der Waals surface area contributed by atoms with Gasteiger partial charge in [-0.25, -0.2) is 4.98 Å². The van der Waals surface area contributed by atoms with Crippen molar-refractivity contribution in [2.45, 2.75) is 18.9 Å². The van der Waals surface area contributed by atoms with E-state index in [2.05, 4.69) is 16.4 Å². The second kappa shape index (κ2) is 4.28. The minimum atomic E-state index is -0.129. The maximum absolute atomic E-state index is 9.12. The Morgan fingerprint density at radius 3 is 3.07 bits per heavy atom. The fourth-order valence-corrected chi connectivity index (χ4v) is 1.74. The molecule has 1 aromatic rings. The molecule has 78 valence electrons. The molecule has 0 spiro atoms. The number of nitriles is 1. The molecule has 1 aliphatic rings. The summed E-state index contributed by atoms with van der Waals surface area (Å²) < 4.78 is 0. The number of rotatable bonds is 3. The van der Waals surface area contributed by atoms with E-state index in [1.165, 1.54) is 0 Å². The first-order valence-electron chi connectivity index (χ1n) is 5.06. The minimum absolute atomic E-state index is 0.129. The lowest BCUT2D eigenvalue weighted by Gasteiger charge is -2.31. The fraction of sp³-hybridized carbons (Fsp3) is 0.455. The van der Waals surface area contributed by atoms with Crippen molar-refractivity contribution in [1.29, 1.82) is 5.26 Å². The molecule has 0 aliphatic heterocycles. The molecule has 2 rings (SSSR count). The lowest BCUT2D eigenvalue weighted by Crippen LogP contribution is -2.33. The van der Waals surface area contributed by atoms with Crippen LogP contribution >= 0.6 is 0 Å². The topological polar surface area (TPSA) is 68.9 Å². The zero-order chi connectivity index (χ0) is 10.7. The minimum Gasteiger partial charge on any atom is -0.393 e. The van der Waals surface area contributed by atoms with Crippen LogP contribution in [0.2, 0.25) is 0 Å². The van der Waals surface area contributed by atoms with E-state index < -0.39 is 0 Å². The smallest absolute Gasteiger partial charge is 0.143 e. The van der Waals surface area contributed by atoms with Crippen LogP contribution in [0.15, 0.2) is 18.3 Å². The largest absolute Gasteiger partial charge is 0.393 e. The second-order valence-corrected chi connectivity index (χ2v) is 3.88. The molecule has 0 aromatic carbocycles. The maximum atomic E-state index is 9.12. The van der Waals surface area contributed by atoms with Crippen LogP contribution in [0.1, 0.15) is 18.4 Å². The van der Waals surface area contributed by atoms with Gasteiger partial charge in [-0.3, -0.25) is 0 Å². The van der Waals surface area contributed by atoms with Crippen LogP contribution in [0, 0.1) is 17.2 Å². The average molecular weight is 203 g/mol. The van der Waals surface area contributed by atoms with E-state index in [1.54, 1.807) is 18.3 Å². The Balaban J connectivity index is 1.91. The Morgan fingerprint density at radius 2 is 2.40 bits per heavy atom. The monoisotopic (exact) mass is 203 g/mol. The molecule has 0 bridgehead atoms. The molecule has 0 atom stereocenters. The highest BCUT2D eigenvalue weighted by molar-refractivity contribution is 5.51. The SMILES string of the molecule is N#Cc1cccnc1NCC1CC(O)C1. The van der Waals surface area contributed by atoms with Gasteiger partial charge in [0, 0.05) is 12.7 Å². The number of hydrogen-bond donors (Lipinski definition) is 2. The number of nitrogens with zero attached hydrogens (tertiary/aromatic N) is 2. The third-order valence-corrected chi connectivity index (χ3v) is 2.70. The van der Waals surface area contributed by atoms with Gasteiger partial charge in [0.05, 0.1) is 11.7 Å². The molecule has 1 saturated carbocycles. The molecule has 1 aromatic heterocycles. The van der Waals surface area contributed by atoms with Crippen LogP contribution in [-0.2, 0) is 0 Å². The molecule has 0 radical (unpaired) electrons. The molecule has 15 heavy (non-hydrogen) atoms. The molecule has 1 aliphatic carbocycles. The van der Waals surface area contributed by atoms with E-state index in [4.69, 9.17) is 10.4 Å². The summed E-state index contributed by atoms with van der Waals surface area (Å²) in [5, 5.41) is 21.1. The van der Waals surface area contributed by atoms with Crippen molar-refractivity contribution in [1.82, 2.24) is 4.98 Å². The summed E-state index contributed by atoms with van der Waals surface area (Å²) in [5.41, 5.74) is 0.567. The van der Waals surface area contributed by atoms with Gasteiger partial charge in [-0.05, 0) is 30.9 Å². The number of hydrogen-bond acceptors (Lipinski definition) is 4. The first-order valence-corrected chi connectivity index (χ1v) is 5.06. The zero-order valence-corrected chi connectivity index (χ0v) is 8.35. The van der Waals surface area contributed by atoms with Crippen molar-refractivity contribution < 1.29 is 5.11 Å². The molecule has 0 saturated heterocycles. The van der Waals surface area contributed by atoms with Gasteiger partial charge < -0.3 is 10.4 Å². The molecule has 1 heterocycles. The molecular formula is C11H13N3O. The number of aromatic nitrogens is 1. The second-order valence-electron chi connectivity index (χ2n) is 3.88. The standard InChI is InChI=1S/C11H13N3O/c12-6-9-2-1-3-13-11(9)14-7-8-4-10(15)5-8/h1-3,8,10,15H,4-5,7H2,(H,13,14). The summed E-state index contributed by atoms with van der Waals surface area (Å²) in [5.74, 6) is 1.15. The number of aliphatic hydroxyl groups excluding tert-OH is 1. The van der Waals surface area contributed by atoms with Gasteiger partial charge in [0.25, 0.3) is 0 Å². The summed E-state index contributed by atoms with van der Waals surface area (Å²) in [6.45, 7) is 0.781.